The largest absolute Gasteiger partial charge is 0.398 e. The van der Waals surface area contributed by atoms with Gasteiger partial charge in [-0.05, 0) is 34.1 Å². The van der Waals surface area contributed by atoms with Crippen molar-refractivity contribution in [2.75, 3.05) is 5.73 Å². The highest BCUT2D eigenvalue weighted by Crippen LogP contribution is 2.21. The third-order valence-corrected chi connectivity index (χ3v) is 4.03. The predicted octanol–water partition coefficient (Wildman–Crippen LogP) is 1.57. The zero-order valence-electron chi connectivity index (χ0n) is 9.93. The fraction of sp³-hybridized carbons (Fsp3) is 0.167. The molecule has 3 N–H and O–H groups in total. The molecular formula is C12H12BrN3O2S. The van der Waals surface area contributed by atoms with Gasteiger partial charge in [-0.25, -0.2) is 0 Å². The molecule has 5 nitrogen and oxygen atoms in total. The monoisotopic (exact) mass is 341 g/mol. The summed E-state index contributed by atoms with van der Waals surface area (Å²) in [4.78, 5) is 24.3. The number of hydrogen-bond donors (Lipinski definition) is 2. The summed E-state index contributed by atoms with van der Waals surface area (Å²) in [5, 5.41) is 2.76. The van der Waals surface area contributed by atoms with Crippen molar-refractivity contribution in [1.82, 2.24) is 9.88 Å². The van der Waals surface area contributed by atoms with Crippen LogP contribution in [-0.4, -0.2) is 10.5 Å². The van der Waals surface area contributed by atoms with E-state index >= 15 is 0 Å². The summed E-state index contributed by atoms with van der Waals surface area (Å²) < 4.78 is 2.30. The van der Waals surface area contributed by atoms with Crippen LogP contribution >= 0.6 is 27.3 Å². The summed E-state index contributed by atoms with van der Waals surface area (Å²) in [6.45, 7) is 0.419. The Morgan fingerprint density at radius 2 is 2.16 bits per heavy atom. The van der Waals surface area contributed by atoms with Gasteiger partial charge in [0.25, 0.3) is 5.56 Å². The van der Waals surface area contributed by atoms with Gasteiger partial charge in [-0.2, -0.15) is 0 Å². The molecule has 0 aliphatic heterocycles. The summed E-state index contributed by atoms with van der Waals surface area (Å²) >= 11 is 4.91. The van der Waals surface area contributed by atoms with Crippen molar-refractivity contribution in [3.8, 4) is 0 Å². The molecule has 0 fully saturated rings. The number of carbonyl (C=O) groups is 1. The maximum absolute atomic E-state index is 11.7. The van der Waals surface area contributed by atoms with E-state index in [0.29, 0.717) is 12.2 Å². The van der Waals surface area contributed by atoms with Gasteiger partial charge in [0.1, 0.15) is 6.54 Å². The van der Waals surface area contributed by atoms with Crippen LogP contribution in [0.3, 0.4) is 0 Å². The van der Waals surface area contributed by atoms with E-state index < -0.39 is 0 Å². The third-order valence-electron chi connectivity index (χ3n) is 2.41. The standard InChI is InChI=1S/C12H12BrN3O2S/c13-10-3-2-9(19-10)5-15-11(17)7-16-6-8(14)1-4-12(16)18/h1-4,6H,5,7,14H2,(H,15,17). The van der Waals surface area contributed by atoms with Crippen molar-refractivity contribution in [2.24, 2.45) is 0 Å². The van der Waals surface area contributed by atoms with Crippen LogP contribution in [-0.2, 0) is 17.9 Å². The zero-order valence-corrected chi connectivity index (χ0v) is 12.3. The van der Waals surface area contributed by atoms with Gasteiger partial charge in [-0.15, -0.1) is 11.3 Å². The molecule has 2 aromatic rings. The number of nitrogens with zero attached hydrogens (tertiary/aromatic N) is 1. The van der Waals surface area contributed by atoms with E-state index in [0.717, 1.165) is 8.66 Å². The average Bonchev–Trinajstić information content (AvgIpc) is 2.77. The number of hydrogen-bond acceptors (Lipinski definition) is 4. The van der Waals surface area contributed by atoms with Gasteiger partial charge < -0.3 is 15.6 Å². The minimum Gasteiger partial charge on any atom is -0.398 e. The topological polar surface area (TPSA) is 77.1 Å². The van der Waals surface area contributed by atoms with E-state index in [1.165, 1.54) is 22.9 Å². The molecular weight excluding hydrogens is 330 g/mol. The Kier molecular flexibility index (Phi) is 4.39. The lowest BCUT2D eigenvalue weighted by Crippen LogP contribution is -2.31. The van der Waals surface area contributed by atoms with Crippen LogP contribution in [0.5, 0.6) is 0 Å². The van der Waals surface area contributed by atoms with Crippen molar-refractivity contribution in [3.63, 3.8) is 0 Å². The van der Waals surface area contributed by atoms with Crippen molar-refractivity contribution in [1.29, 1.82) is 0 Å². The maximum Gasteiger partial charge on any atom is 0.251 e. The zero-order chi connectivity index (χ0) is 13.8. The first-order chi connectivity index (χ1) is 9.04. The molecule has 0 spiro atoms. The summed E-state index contributed by atoms with van der Waals surface area (Å²) in [6, 6.07) is 6.72. The third kappa shape index (κ3) is 3.93. The lowest BCUT2D eigenvalue weighted by molar-refractivity contribution is -0.121. The molecule has 2 heterocycles. The summed E-state index contributed by atoms with van der Waals surface area (Å²) in [7, 11) is 0. The highest BCUT2D eigenvalue weighted by molar-refractivity contribution is 9.11. The second-order valence-electron chi connectivity index (χ2n) is 3.91. The van der Waals surface area contributed by atoms with E-state index in [9.17, 15) is 9.59 Å². The fourth-order valence-electron chi connectivity index (χ4n) is 1.52. The van der Waals surface area contributed by atoms with Gasteiger partial charge in [0.2, 0.25) is 5.91 Å². The summed E-state index contributed by atoms with van der Waals surface area (Å²) in [6.07, 6.45) is 1.46. The second-order valence-corrected chi connectivity index (χ2v) is 6.46. The normalized spacial score (nSPS) is 10.4. The van der Waals surface area contributed by atoms with E-state index in [1.807, 2.05) is 12.1 Å². The van der Waals surface area contributed by atoms with E-state index in [4.69, 9.17) is 5.73 Å². The molecule has 0 saturated heterocycles. The number of amides is 1. The quantitative estimate of drug-likeness (QED) is 0.886. The van der Waals surface area contributed by atoms with Crippen LogP contribution in [0.1, 0.15) is 4.88 Å². The number of carbonyl (C=O) groups excluding carboxylic acids is 1. The number of thiophene rings is 1. The Bertz CT molecular complexity index is 650. The van der Waals surface area contributed by atoms with Gasteiger partial charge in [-0.1, -0.05) is 0 Å². The Hall–Kier alpha value is -1.60. The number of rotatable bonds is 4. The smallest absolute Gasteiger partial charge is 0.251 e. The first kappa shape index (κ1) is 13.8. The molecule has 0 bridgehead atoms. The van der Waals surface area contributed by atoms with Crippen molar-refractivity contribution in [3.05, 3.63) is 49.5 Å². The van der Waals surface area contributed by atoms with Gasteiger partial charge in [0.05, 0.1) is 10.3 Å². The van der Waals surface area contributed by atoms with Gasteiger partial charge in [0, 0.05) is 22.8 Å². The highest BCUT2D eigenvalue weighted by atomic mass is 79.9. The number of pyridine rings is 1. The molecule has 0 unspecified atom stereocenters. The van der Waals surface area contributed by atoms with Crippen LogP contribution in [0.2, 0.25) is 0 Å². The van der Waals surface area contributed by atoms with E-state index in [-0.39, 0.29) is 18.0 Å². The van der Waals surface area contributed by atoms with Crippen LogP contribution in [0.25, 0.3) is 0 Å². The molecule has 1 amide bonds. The molecule has 0 aromatic carbocycles. The Morgan fingerprint density at radius 1 is 1.37 bits per heavy atom. The van der Waals surface area contributed by atoms with Gasteiger partial charge >= 0.3 is 0 Å². The lowest BCUT2D eigenvalue weighted by atomic mass is 10.4. The predicted molar refractivity (Wildman–Crippen MR) is 79.0 cm³/mol. The number of nitrogens with one attached hydrogen (secondary N) is 1. The molecule has 0 radical (unpaired) electrons. The molecule has 7 heteroatoms. The van der Waals surface area contributed by atoms with E-state index in [1.54, 1.807) is 11.3 Å². The number of halogens is 1. The van der Waals surface area contributed by atoms with Crippen LogP contribution in [0.15, 0.2) is 39.0 Å². The molecule has 2 aromatic heterocycles. The fourth-order valence-corrected chi connectivity index (χ4v) is 2.94. The molecule has 100 valence electrons. The summed E-state index contributed by atoms with van der Waals surface area (Å²) in [5.74, 6) is -0.225. The Morgan fingerprint density at radius 3 is 2.84 bits per heavy atom. The second kappa shape index (κ2) is 6.03. The van der Waals surface area contributed by atoms with Crippen molar-refractivity contribution in [2.45, 2.75) is 13.1 Å². The highest BCUT2D eigenvalue weighted by Gasteiger charge is 2.05. The first-order valence-electron chi connectivity index (χ1n) is 5.51. The minimum atomic E-state index is -0.247. The Labute approximate surface area is 122 Å². The number of nitrogens with two attached hydrogens (primary N) is 1. The number of aromatic nitrogens is 1. The Balaban J connectivity index is 1.94. The van der Waals surface area contributed by atoms with Crippen LogP contribution in [0.4, 0.5) is 5.69 Å². The van der Waals surface area contributed by atoms with E-state index in [2.05, 4.69) is 21.2 Å². The minimum absolute atomic E-state index is 0.0313. The van der Waals surface area contributed by atoms with Crippen molar-refractivity contribution < 1.29 is 4.79 Å². The van der Waals surface area contributed by atoms with Crippen LogP contribution < -0.4 is 16.6 Å². The maximum atomic E-state index is 11.7. The molecule has 0 aliphatic carbocycles. The molecule has 0 saturated carbocycles. The average molecular weight is 342 g/mol. The molecule has 0 atom stereocenters. The molecule has 2 rings (SSSR count). The number of anilines is 1. The van der Waals surface area contributed by atoms with Gasteiger partial charge in [0.15, 0.2) is 0 Å². The van der Waals surface area contributed by atoms with Crippen molar-refractivity contribution >= 4 is 38.9 Å². The first-order valence-corrected chi connectivity index (χ1v) is 7.12. The number of nitrogen functional groups attached to an aromatic ring is 1. The lowest BCUT2D eigenvalue weighted by Gasteiger charge is -2.07. The molecule has 0 aliphatic rings. The van der Waals surface area contributed by atoms with Gasteiger partial charge in [-0.3, -0.25) is 9.59 Å². The SMILES string of the molecule is Nc1ccc(=O)n(CC(=O)NCc2ccc(Br)s2)c1. The summed E-state index contributed by atoms with van der Waals surface area (Å²) in [5.41, 5.74) is 5.78. The van der Waals surface area contributed by atoms with Crippen LogP contribution in [0, 0.1) is 0 Å². The molecule has 19 heavy (non-hydrogen) atoms.